The fraction of sp³-hybridized carbons (Fsp3) is 0.700. The van der Waals surface area contributed by atoms with Gasteiger partial charge in [-0.3, -0.25) is 0 Å². The fourth-order valence-electron chi connectivity index (χ4n) is 0.870. The zero-order valence-electron chi connectivity index (χ0n) is 9.57. The van der Waals surface area contributed by atoms with Crippen molar-refractivity contribution >= 4 is 17.8 Å². The first-order chi connectivity index (χ1) is 7.02. The van der Waals surface area contributed by atoms with Gasteiger partial charge in [0.1, 0.15) is 5.71 Å². The highest BCUT2D eigenvalue weighted by molar-refractivity contribution is 6.38. The smallest absolute Gasteiger partial charge is 0.434 e. The van der Waals surface area contributed by atoms with Crippen molar-refractivity contribution in [2.75, 3.05) is 13.2 Å². The minimum Gasteiger partial charge on any atom is -0.461 e. The van der Waals surface area contributed by atoms with E-state index < -0.39 is 12.1 Å². The minimum atomic E-state index is -0.755. The van der Waals surface area contributed by atoms with Gasteiger partial charge in [-0.15, -0.1) is 0 Å². The van der Waals surface area contributed by atoms with Crippen LogP contribution in [0.1, 0.15) is 27.7 Å². The Bertz CT molecular complexity index is 258. The number of carbonyl (C=O) groups is 2. The zero-order chi connectivity index (χ0) is 11.8. The van der Waals surface area contributed by atoms with Crippen LogP contribution in [-0.2, 0) is 14.3 Å². The molecule has 0 aromatic heterocycles. The van der Waals surface area contributed by atoms with E-state index in [1.165, 1.54) is 0 Å². The summed E-state index contributed by atoms with van der Waals surface area (Å²) in [7, 11) is 0. The van der Waals surface area contributed by atoms with E-state index in [0.717, 1.165) is 0 Å². The van der Waals surface area contributed by atoms with Crippen LogP contribution in [0.15, 0.2) is 4.99 Å². The number of nitrogens with zero attached hydrogens (tertiary/aromatic N) is 1. The largest absolute Gasteiger partial charge is 0.461 e. The Labute approximate surface area is 89.5 Å². The summed E-state index contributed by atoms with van der Waals surface area (Å²) < 4.78 is 9.38. The molecule has 0 aliphatic heterocycles. The van der Waals surface area contributed by atoms with Gasteiger partial charge in [-0.2, -0.15) is 4.99 Å². The van der Waals surface area contributed by atoms with Gasteiger partial charge in [-0.1, -0.05) is 13.8 Å². The van der Waals surface area contributed by atoms with Crippen LogP contribution in [0.2, 0.25) is 0 Å². The molecule has 0 N–H and O–H groups in total. The van der Waals surface area contributed by atoms with Crippen LogP contribution < -0.4 is 0 Å². The average molecular weight is 215 g/mol. The number of hydrogen-bond donors (Lipinski definition) is 0. The summed E-state index contributed by atoms with van der Waals surface area (Å²) in [5.74, 6) is -0.742. The van der Waals surface area contributed by atoms with E-state index in [4.69, 9.17) is 4.74 Å². The predicted octanol–water partition coefficient (Wildman–Crippen LogP) is 1.80. The molecule has 0 aromatic carbocycles. The molecule has 86 valence electrons. The molecule has 0 heterocycles. The van der Waals surface area contributed by atoms with Crippen molar-refractivity contribution in [1.82, 2.24) is 0 Å². The second-order valence-corrected chi connectivity index (χ2v) is 3.07. The maximum Gasteiger partial charge on any atom is 0.434 e. The van der Waals surface area contributed by atoms with Crippen molar-refractivity contribution in [2.24, 2.45) is 10.9 Å². The molecule has 0 aromatic rings. The molecule has 5 nitrogen and oxygen atoms in total. The quantitative estimate of drug-likeness (QED) is 0.530. The van der Waals surface area contributed by atoms with Crippen molar-refractivity contribution in [3.8, 4) is 0 Å². The topological polar surface area (TPSA) is 65.0 Å². The van der Waals surface area contributed by atoms with Crippen LogP contribution in [0, 0.1) is 5.92 Å². The highest BCUT2D eigenvalue weighted by Gasteiger charge is 2.18. The van der Waals surface area contributed by atoms with E-state index in [2.05, 4.69) is 9.73 Å². The lowest BCUT2D eigenvalue weighted by molar-refractivity contribution is -0.135. The maximum atomic E-state index is 11.4. The van der Waals surface area contributed by atoms with E-state index in [0.29, 0.717) is 0 Å². The van der Waals surface area contributed by atoms with Crippen molar-refractivity contribution in [1.29, 1.82) is 0 Å². The predicted molar refractivity (Wildman–Crippen MR) is 55.9 cm³/mol. The third kappa shape index (κ3) is 5.15. The Morgan fingerprint density at radius 2 is 1.67 bits per heavy atom. The van der Waals surface area contributed by atoms with Gasteiger partial charge in [0.05, 0.1) is 13.2 Å². The summed E-state index contributed by atoms with van der Waals surface area (Å²) in [6.45, 7) is 7.38. The standard InChI is InChI=1S/C10H17NO4/c1-5-14-9(12)8(7(3)4)11-10(13)15-6-2/h7H,5-6H2,1-4H3. The van der Waals surface area contributed by atoms with Gasteiger partial charge < -0.3 is 9.47 Å². The number of aliphatic imine (C=N–C) groups is 1. The van der Waals surface area contributed by atoms with Gasteiger partial charge in [0.25, 0.3) is 0 Å². The van der Waals surface area contributed by atoms with E-state index in [1.807, 2.05) is 0 Å². The summed E-state index contributed by atoms with van der Waals surface area (Å²) in [4.78, 5) is 26.0. The first kappa shape index (κ1) is 13.6. The second-order valence-electron chi connectivity index (χ2n) is 3.07. The van der Waals surface area contributed by atoms with Gasteiger partial charge in [-0.25, -0.2) is 9.59 Å². The van der Waals surface area contributed by atoms with E-state index in [9.17, 15) is 9.59 Å². The van der Waals surface area contributed by atoms with Crippen molar-refractivity contribution in [3.05, 3.63) is 0 Å². The summed E-state index contributed by atoms with van der Waals surface area (Å²) >= 11 is 0. The number of hydrogen-bond acceptors (Lipinski definition) is 4. The number of rotatable bonds is 4. The highest BCUT2D eigenvalue weighted by atomic mass is 16.5. The van der Waals surface area contributed by atoms with Gasteiger partial charge in [0, 0.05) is 5.92 Å². The molecule has 0 atom stereocenters. The number of esters is 1. The van der Waals surface area contributed by atoms with Crippen LogP contribution in [0.5, 0.6) is 0 Å². The fourth-order valence-corrected chi connectivity index (χ4v) is 0.870. The molecule has 0 fully saturated rings. The minimum absolute atomic E-state index is 0.0929. The lowest BCUT2D eigenvalue weighted by atomic mass is 10.1. The monoisotopic (exact) mass is 215 g/mol. The SMILES string of the molecule is CCOC(=O)N=C(C(=O)OCC)C(C)C. The summed E-state index contributed by atoms with van der Waals surface area (Å²) in [5, 5.41) is 0. The molecule has 0 aliphatic rings. The molecular weight excluding hydrogens is 198 g/mol. The molecule has 5 heteroatoms. The van der Waals surface area contributed by atoms with Gasteiger partial charge >= 0.3 is 12.1 Å². The van der Waals surface area contributed by atoms with Crippen molar-refractivity contribution < 1.29 is 19.1 Å². The Kier molecular flexibility index (Phi) is 6.33. The van der Waals surface area contributed by atoms with Gasteiger partial charge in [-0.05, 0) is 13.8 Å². The first-order valence-electron chi connectivity index (χ1n) is 4.95. The Morgan fingerprint density at radius 1 is 1.13 bits per heavy atom. The highest BCUT2D eigenvalue weighted by Crippen LogP contribution is 2.01. The number of amides is 1. The van der Waals surface area contributed by atoms with Crippen molar-refractivity contribution in [3.63, 3.8) is 0 Å². The summed E-state index contributed by atoms with van der Waals surface area (Å²) in [6, 6.07) is 0. The lowest BCUT2D eigenvalue weighted by Gasteiger charge is -2.08. The molecule has 0 aliphatic carbocycles. The number of carbonyl (C=O) groups excluding carboxylic acids is 2. The lowest BCUT2D eigenvalue weighted by Crippen LogP contribution is -2.24. The van der Waals surface area contributed by atoms with E-state index in [1.54, 1.807) is 27.7 Å². The Morgan fingerprint density at radius 3 is 2.07 bits per heavy atom. The number of ether oxygens (including phenoxy) is 2. The summed E-state index contributed by atoms with van der Waals surface area (Å²) in [5.41, 5.74) is 0.0929. The third-order valence-corrected chi connectivity index (χ3v) is 1.51. The van der Waals surface area contributed by atoms with Gasteiger partial charge in [0.15, 0.2) is 0 Å². The molecule has 15 heavy (non-hydrogen) atoms. The normalized spacial score (nSPS) is 11.4. The second kappa shape index (κ2) is 6.98. The maximum absolute atomic E-state index is 11.4. The zero-order valence-corrected chi connectivity index (χ0v) is 9.57. The van der Waals surface area contributed by atoms with Crippen LogP contribution >= 0.6 is 0 Å². The van der Waals surface area contributed by atoms with E-state index >= 15 is 0 Å². The summed E-state index contributed by atoms with van der Waals surface area (Å²) in [6.07, 6.45) is -0.755. The molecule has 0 rings (SSSR count). The molecule has 0 unspecified atom stereocenters. The van der Waals surface area contributed by atoms with Crippen LogP contribution in [0.25, 0.3) is 0 Å². The Hall–Kier alpha value is -1.39. The molecular formula is C10H17NO4. The molecule has 0 spiro atoms. The molecule has 1 amide bonds. The van der Waals surface area contributed by atoms with Gasteiger partial charge in [0.2, 0.25) is 0 Å². The molecule has 0 bridgehead atoms. The van der Waals surface area contributed by atoms with E-state index in [-0.39, 0.29) is 24.8 Å². The van der Waals surface area contributed by atoms with Crippen LogP contribution in [-0.4, -0.2) is 31.0 Å². The Balaban J connectivity index is 4.65. The van der Waals surface area contributed by atoms with Crippen molar-refractivity contribution in [2.45, 2.75) is 27.7 Å². The van der Waals surface area contributed by atoms with Crippen LogP contribution in [0.4, 0.5) is 4.79 Å². The molecule has 0 radical (unpaired) electrons. The van der Waals surface area contributed by atoms with Crippen LogP contribution in [0.3, 0.4) is 0 Å². The third-order valence-electron chi connectivity index (χ3n) is 1.51. The first-order valence-corrected chi connectivity index (χ1v) is 4.95. The molecule has 0 saturated heterocycles. The average Bonchev–Trinajstić information content (AvgIpc) is 2.14. The molecule has 0 saturated carbocycles.